The fraction of sp³-hybridized carbons (Fsp3) is 0.214. The molecule has 5 rings (SSSR count). The minimum atomic E-state index is -0.299. The Balaban J connectivity index is 1.37. The maximum absolute atomic E-state index is 13.5. The van der Waals surface area contributed by atoms with Crippen LogP contribution >= 0.6 is 0 Å². The molecule has 1 aromatic heterocycles. The summed E-state index contributed by atoms with van der Waals surface area (Å²) in [4.78, 5) is 17.9. The third-order valence-electron chi connectivity index (χ3n) is 6.22. The molecule has 1 saturated heterocycles. The first-order valence-corrected chi connectivity index (χ1v) is 11.9. The molecule has 0 amide bonds. The molecule has 8 nitrogen and oxygen atoms in total. The molecule has 0 saturated carbocycles. The Morgan fingerprint density at radius 3 is 2.11 bits per heavy atom. The second-order valence-corrected chi connectivity index (χ2v) is 8.81. The summed E-state index contributed by atoms with van der Waals surface area (Å²) in [6.45, 7) is 3.75. The highest BCUT2D eigenvalue weighted by molar-refractivity contribution is 5.57. The van der Waals surface area contributed by atoms with E-state index in [1.54, 1.807) is 18.3 Å². The van der Waals surface area contributed by atoms with E-state index in [1.165, 1.54) is 10.7 Å². The van der Waals surface area contributed by atoms with Crippen LogP contribution in [0.25, 0.3) is 5.69 Å². The number of ether oxygens (including phenoxy) is 1. The van der Waals surface area contributed by atoms with E-state index in [-0.39, 0.29) is 29.4 Å². The van der Waals surface area contributed by atoms with Gasteiger partial charge in [0.05, 0.1) is 11.9 Å². The topological polar surface area (TPSA) is 91.1 Å². The molecule has 1 fully saturated rings. The van der Waals surface area contributed by atoms with E-state index in [9.17, 15) is 15.0 Å². The second-order valence-electron chi connectivity index (χ2n) is 8.81. The molecule has 2 heterocycles. The van der Waals surface area contributed by atoms with Crippen LogP contribution in [-0.4, -0.2) is 51.1 Å². The summed E-state index contributed by atoms with van der Waals surface area (Å²) in [6, 6.07) is 23.7. The maximum atomic E-state index is 13.5. The van der Waals surface area contributed by atoms with Crippen molar-refractivity contribution < 1.29 is 14.9 Å². The van der Waals surface area contributed by atoms with Gasteiger partial charge in [-0.3, -0.25) is 9.69 Å². The highest BCUT2D eigenvalue weighted by atomic mass is 16.5. The van der Waals surface area contributed by atoms with E-state index in [0.717, 1.165) is 24.2 Å². The fourth-order valence-electron chi connectivity index (χ4n) is 4.43. The predicted octanol–water partition coefficient (Wildman–Crippen LogP) is 3.54. The number of aromatic hydroxyl groups is 2. The van der Waals surface area contributed by atoms with Gasteiger partial charge in [-0.2, -0.15) is 9.78 Å². The van der Waals surface area contributed by atoms with Gasteiger partial charge in [-0.05, 0) is 35.4 Å². The van der Waals surface area contributed by atoms with E-state index in [4.69, 9.17) is 4.74 Å². The molecule has 3 aromatic carbocycles. The molecule has 0 aliphatic carbocycles. The number of aromatic nitrogens is 2. The van der Waals surface area contributed by atoms with E-state index in [0.29, 0.717) is 31.0 Å². The molecule has 4 aromatic rings. The zero-order valence-corrected chi connectivity index (χ0v) is 19.8. The number of piperazine rings is 1. The minimum Gasteiger partial charge on any atom is -0.508 e. The minimum absolute atomic E-state index is 0.0499. The van der Waals surface area contributed by atoms with Gasteiger partial charge in [-0.1, -0.05) is 48.5 Å². The maximum Gasteiger partial charge on any atom is 0.316 e. The van der Waals surface area contributed by atoms with Crippen LogP contribution in [0.15, 0.2) is 89.9 Å². The lowest BCUT2D eigenvalue weighted by molar-refractivity contribution is 0.246. The number of phenolic OH excluding ortho intramolecular Hbond substituents is 2. The second kappa shape index (κ2) is 10.5. The number of hydrogen-bond donors (Lipinski definition) is 2. The van der Waals surface area contributed by atoms with Crippen LogP contribution in [0, 0.1) is 0 Å². The third-order valence-corrected chi connectivity index (χ3v) is 6.22. The quantitative estimate of drug-likeness (QED) is 0.415. The molecule has 2 N–H and O–H groups in total. The van der Waals surface area contributed by atoms with E-state index in [1.807, 2.05) is 60.7 Å². The molecule has 0 radical (unpaired) electrons. The van der Waals surface area contributed by atoms with Crippen LogP contribution in [0.3, 0.4) is 0 Å². The van der Waals surface area contributed by atoms with Crippen molar-refractivity contribution in [1.29, 1.82) is 0 Å². The van der Waals surface area contributed by atoms with Crippen molar-refractivity contribution in [3.63, 3.8) is 0 Å². The molecule has 1 aliphatic heterocycles. The van der Waals surface area contributed by atoms with Crippen LogP contribution in [0.2, 0.25) is 0 Å². The largest absolute Gasteiger partial charge is 0.508 e. The van der Waals surface area contributed by atoms with E-state index < -0.39 is 0 Å². The molecule has 0 atom stereocenters. The summed E-state index contributed by atoms with van der Waals surface area (Å²) in [5.41, 5.74) is 2.88. The number of phenols is 2. The van der Waals surface area contributed by atoms with Crippen LogP contribution < -0.4 is 15.2 Å². The van der Waals surface area contributed by atoms with Gasteiger partial charge in [0.15, 0.2) is 0 Å². The number of benzene rings is 3. The van der Waals surface area contributed by atoms with Gasteiger partial charge in [0.25, 0.3) is 0 Å². The molecule has 8 heteroatoms. The number of hydrogen-bond acceptors (Lipinski definition) is 7. The Morgan fingerprint density at radius 2 is 1.44 bits per heavy atom. The lowest BCUT2D eigenvalue weighted by Crippen LogP contribution is -2.46. The Morgan fingerprint density at radius 1 is 0.806 bits per heavy atom. The van der Waals surface area contributed by atoms with E-state index >= 15 is 0 Å². The zero-order valence-electron chi connectivity index (χ0n) is 19.8. The highest BCUT2D eigenvalue weighted by Gasteiger charge is 2.24. The molecule has 0 bridgehead atoms. The Labute approximate surface area is 209 Å². The van der Waals surface area contributed by atoms with E-state index in [2.05, 4.69) is 14.9 Å². The first-order chi connectivity index (χ1) is 17.6. The standard InChI is InChI=1S/C28H28N4O4/c33-24-15-22(16-25(34)17-24)19-30-11-13-31(14-12-30)26-18-29-32(23-9-5-2-6-10-23)28(35)27(26)36-20-21-7-3-1-4-8-21/h1-10,15-18,33-34H,11-14,19-20H2. The van der Waals surface area contributed by atoms with Gasteiger partial charge in [-0.15, -0.1) is 0 Å². The normalized spacial score (nSPS) is 14.1. The number of nitrogens with zero attached hydrogens (tertiary/aromatic N) is 4. The Bertz CT molecular complexity index is 1350. The van der Waals surface area contributed by atoms with Crippen molar-refractivity contribution in [3.8, 4) is 22.9 Å². The lowest BCUT2D eigenvalue weighted by Gasteiger charge is -2.36. The fourth-order valence-corrected chi connectivity index (χ4v) is 4.43. The SMILES string of the molecule is O=c1c(OCc2ccccc2)c(N2CCN(Cc3cc(O)cc(O)c3)CC2)cnn1-c1ccccc1. The number of anilines is 1. The summed E-state index contributed by atoms with van der Waals surface area (Å²) in [7, 11) is 0. The number of para-hydroxylation sites is 1. The zero-order chi connectivity index (χ0) is 24.9. The van der Waals surface area contributed by atoms with Gasteiger partial charge >= 0.3 is 5.56 Å². The summed E-state index contributed by atoms with van der Waals surface area (Å²) >= 11 is 0. The van der Waals surface area contributed by atoms with Crippen molar-refractivity contribution in [2.75, 3.05) is 31.1 Å². The molecule has 1 aliphatic rings. The van der Waals surface area contributed by atoms with Gasteiger partial charge in [0.2, 0.25) is 5.75 Å². The van der Waals surface area contributed by atoms with Crippen LogP contribution in [0.5, 0.6) is 17.2 Å². The van der Waals surface area contributed by atoms with Crippen molar-refractivity contribution in [3.05, 3.63) is 107 Å². The van der Waals surface area contributed by atoms with Crippen molar-refractivity contribution in [1.82, 2.24) is 14.7 Å². The van der Waals surface area contributed by atoms with Crippen molar-refractivity contribution in [2.24, 2.45) is 0 Å². The summed E-state index contributed by atoms with van der Waals surface area (Å²) in [5.74, 6) is 0.381. The van der Waals surface area contributed by atoms with Crippen LogP contribution in [0.4, 0.5) is 5.69 Å². The molecular weight excluding hydrogens is 456 g/mol. The monoisotopic (exact) mass is 484 g/mol. The predicted molar refractivity (Wildman–Crippen MR) is 138 cm³/mol. The first kappa shape index (κ1) is 23.4. The summed E-state index contributed by atoms with van der Waals surface area (Å²) in [6.07, 6.45) is 1.71. The van der Waals surface area contributed by atoms with Crippen molar-refractivity contribution >= 4 is 5.69 Å². The van der Waals surface area contributed by atoms with Gasteiger partial charge < -0.3 is 19.8 Å². The van der Waals surface area contributed by atoms with Gasteiger partial charge in [0.1, 0.15) is 23.8 Å². The third kappa shape index (κ3) is 5.34. The Kier molecular flexibility index (Phi) is 6.86. The first-order valence-electron chi connectivity index (χ1n) is 11.9. The van der Waals surface area contributed by atoms with Crippen LogP contribution in [0.1, 0.15) is 11.1 Å². The molecule has 0 spiro atoms. The molecule has 0 unspecified atom stereocenters. The van der Waals surface area contributed by atoms with Gasteiger partial charge in [-0.25, -0.2) is 0 Å². The smallest absolute Gasteiger partial charge is 0.316 e. The molecule has 184 valence electrons. The summed E-state index contributed by atoms with van der Waals surface area (Å²) in [5, 5.41) is 24.0. The molecule has 36 heavy (non-hydrogen) atoms. The average molecular weight is 485 g/mol. The van der Waals surface area contributed by atoms with Gasteiger partial charge in [0, 0.05) is 38.8 Å². The Hall–Kier alpha value is -4.30. The van der Waals surface area contributed by atoms with Crippen molar-refractivity contribution in [2.45, 2.75) is 13.2 Å². The number of rotatable bonds is 7. The lowest BCUT2D eigenvalue weighted by atomic mass is 10.1. The summed E-state index contributed by atoms with van der Waals surface area (Å²) < 4.78 is 7.50. The average Bonchev–Trinajstić information content (AvgIpc) is 2.89. The van der Waals surface area contributed by atoms with Crippen LogP contribution in [-0.2, 0) is 13.2 Å². The molecular formula is C28H28N4O4. The highest BCUT2D eigenvalue weighted by Crippen LogP contribution is 2.27.